The average Bonchev–Trinajstić information content (AvgIpc) is 3.25. The molecule has 0 saturated carbocycles. The highest BCUT2D eigenvalue weighted by molar-refractivity contribution is 5.97. The zero-order valence-corrected chi connectivity index (χ0v) is 15.5. The number of esters is 1. The first-order valence-corrected chi connectivity index (χ1v) is 8.57. The number of amidine groups is 1. The van der Waals surface area contributed by atoms with Gasteiger partial charge < -0.3 is 24.5 Å². The van der Waals surface area contributed by atoms with E-state index in [1.54, 1.807) is 54.6 Å². The van der Waals surface area contributed by atoms with Crippen LogP contribution in [0.3, 0.4) is 0 Å². The molecule has 2 N–H and O–H groups in total. The summed E-state index contributed by atoms with van der Waals surface area (Å²) in [6.07, 6.45) is 0. The van der Waals surface area contributed by atoms with Crippen LogP contribution < -0.4 is 10.5 Å². The van der Waals surface area contributed by atoms with Crippen molar-refractivity contribution < 1.29 is 28.3 Å². The molecule has 148 valence electrons. The van der Waals surface area contributed by atoms with Gasteiger partial charge in [0.05, 0.1) is 12.7 Å². The Kier molecular flexibility index (Phi) is 6.26. The third-order valence-electron chi connectivity index (χ3n) is 3.82. The van der Waals surface area contributed by atoms with Crippen molar-refractivity contribution in [3.63, 3.8) is 0 Å². The van der Waals surface area contributed by atoms with Crippen molar-refractivity contribution in [2.24, 2.45) is 10.9 Å². The lowest BCUT2D eigenvalue weighted by atomic mass is 10.2. The number of oxime groups is 1. The molecular weight excluding hydrogens is 376 g/mol. The van der Waals surface area contributed by atoms with E-state index in [2.05, 4.69) is 9.89 Å². The second kappa shape index (κ2) is 9.23. The van der Waals surface area contributed by atoms with Crippen molar-refractivity contribution in [2.75, 3.05) is 7.11 Å². The van der Waals surface area contributed by atoms with Crippen LogP contribution in [0.2, 0.25) is 0 Å². The van der Waals surface area contributed by atoms with E-state index in [0.717, 1.165) is 0 Å². The Morgan fingerprint density at radius 3 is 2.34 bits per heavy atom. The van der Waals surface area contributed by atoms with Crippen molar-refractivity contribution in [3.8, 4) is 5.75 Å². The molecule has 1 heterocycles. The minimum Gasteiger partial charge on any atom is -0.486 e. The van der Waals surface area contributed by atoms with E-state index in [4.69, 9.17) is 19.7 Å². The van der Waals surface area contributed by atoms with Gasteiger partial charge >= 0.3 is 11.9 Å². The molecule has 0 bridgehead atoms. The van der Waals surface area contributed by atoms with E-state index in [0.29, 0.717) is 22.6 Å². The molecule has 0 spiro atoms. The third-order valence-corrected chi connectivity index (χ3v) is 3.82. The lowest BCUT2D eigenvalue weighted by Gasteiger charge is -2.05. The van der Waals surface area contributed by atoms with Crippen LogP contribution >= 0.6 is 0 Å². The van der Waals surface area contributed by atoms with Gasteiger partial charge in [-0.1, -0.05) is 35.5 Å². The Hall–Kier alpha value is -4.07. The number of carbonyl (C=O) groups excluding carboxylic acids is 2. The molecule has 0 radical (unpaired) electrons. The number of benzene rings is 2. The van der Waals surface area contributed by atoms with Gasteiger partial charge in [0.25, 0.3) is 0 Å². The minimum atomic E-state index is -0.780. The van der Waals surface area contributed by atoms with E-state index >= 15 is 0 Å². The molecule has 0 fully saturated rings. The Balaban J connectivity index is 1.55. The van der Waals surface area contributed by atoms with Crippen LogP contribution in [0, 0.1) is 0 Å². The van der Waals surface area contributed by atoms with Gasteiger partial charge in [0, 0.05) is 5.56 Å². The molecule has 0 aliphatic carbocycles. The molecule has 1 aromatic heterocycles. The minimum absolute atomic E-state index is 0.0331. The van der Waals surface area contributed by atoms with Gasteiger partial charge in [-0.05, 0) is 36.4 Å². The van der Waals surface area contributed by atoms with E-state index < -0.39 is 11.9 Å². The SMILES string of the molecule is COC(=O)c1ccc(OCc2ccc(C(=O)O/N=C(\N)c3ccccc3)o2)cc1. The largest absolute Gasteiger partial charge is 0.486 e. The summed E-state index contributed by atoms with van der Waals surface area (Å²) in [4.78, 5) is 28.3. The average molecular weight is 394 g/mol. The summed E-state index contributed by atoms with van der Waals surface area (Å²) >= 11 is 0. The topological polar surface area (TPSA) is 113 Å². The Labute approximate surface area is 166 Å². The first-order chi connectivity index (χ1) is 14.1. The number of nitrogens with zero attached hydrogens (tertiary/aromatic N) is 1. The van der Waals surface area contributed by atoms with Crippen LogP contribution in [-0.2, 0) is 16.2 Å². The summed E-state index contributed by atoms with van der Waals surface area (Å²) in [5.74, 6) is -0.231. The van der Waals surface area contributed by atoms with Crippen molar-refractivity contribution >= 4 is 17.8 Å². The Morgan fingerprint density at radius 1 is 0.931 bits per heavy atom. The predicted octanol–water partition coefficient (Wildman–Crippen LogP) is 3.12. The highest BCUT2D eigenvalue weighted by Crippen LogP contribution is 2.16. The van der Waals surface area contributed by atoms with Gasteiger partial charge in [-0.15, -0.1) is 0 Å². The molecule has 0 saturated heterocycles. The first-order valence-electron chi connectivity index (χ1n) is 8.57. The zero-order chi connectivity index (χ0) is 20.6. The molecule has 2 aromatic carbocycles. The highest BCUT2D eigenvalue weighted by Gasteiger charge is 2.14. The summed E-state index contributed by atoms with van der Waals surface area (Å²) in [7, 11) is 1.31. The monoisotopic (exact) mass is 394 g/mol. The molecule has 3 aromatic rings. The van der Waals surface area contributed by atoms with Gasteiger partial charge in [-0.25, -0.2) is 9.59 Å². The summed E-state index contributed by atoms with van der Waals surface area (Å²) in [6.45, 7) is 0.0836. The van der Waals surface area contributed by atoms with Crippen molar-refractivity contribution in [1.29, 1.82) is 0 Å². The molecular formula is C21H18N2O6. The molecule has 29 heavy (non-hydrogen) atoms. The van der Waals surface area contributed by atoms with Crippen molar-refractivity contribution in [3.05, 3.63) is 89.4 Å². The second-order valence-corrected chi connectivity index (χ2v) is 5.79. The Morgan fingerprint density at radius 2 is 1.66 bits per heavy atom. The lowest BCUT2D eigenvalue weighted by molar-refractivity contribution is 0.0475. The van der Waals surface area contributed by atoms with Gasteiger partial charge in [0.15, 0.2) is 5.84 Å². The van der Waals surface area contributed by atoms with Crippen molar-refractivity contribution in [1.82, 2.24) is 0 Å². The maximum atomic E-state index is 12.0. The van der Waals surface area contributed by atoms with Gasteiger partial charge in [0.1, 0.15) is 18.1 Å². The maximum absolute atomic E-state index is 12.0. The predicted molar refractivity (Wildman–Crippen MR) is 103 cm³/mol. The summed E-state index contributed by atoms with van der Waals surface area (Å²) in [6, 6.07) is 18.4. The maximum Gasteiger partial charge on any atom is 0.400 e. The van der Waals surface area contributed by atoms with E-state index in [1.807, 2.05) is 6.07 Å². The van der Waals surface area contributed by atoms with Crippen LogP contribution in [0.5, 0.6) is 5.75 Å². The van der Waals surface area contributed by atoms with E-state index in [-0.39, 0.29) is 18.2 Å². The molecule has 8 heteroatoms. The fourth-order valence-corrected chi connectivity index (χ4v) is 2.32. The van der Waals surface area contributed by atoms with Gasteiger partial charge in [-0.3, -0.25) is 0 Å². The second-order valence-electron chi connectivity index (χ2n) is 5.79. The fraction of sp³-hybridized carbons (Fsp3) is 0.0952. The molecule has 0 atom stereocenters. The number of nitrogens with two attached hydrogens (primary N) is 1. The molecule has 0 aliphatic rings. The van der Waals surface area contributed by atoms with Crippen LogP contribution in [0.1, 0.15) is 32.2 Å². The highest BCUT2D eigenvalue weighted by atomic mass is 16.7. The summed E-state index contributed by atoms with van der Waals surface area (Å²) in [5, 5.41) is 3.62. The lowest BCUT2D eigenvalue weighted by Crippen LogP contribution is -2.15. The first kappa shape index (κ1) is 19.7. The number of carbonyl (C=O) groups is 2. The third kappa shape index (κ3) is 5.23. The number of furan rings is 1. The van der Waals surface area contributed by atoms with Crippen LogP contribution in [0.4, 0.5) is 0 Å². The number of ether oxygens (including phenoxy) is 2. The quantitative estimate of drug-likeness (QED) is 0.215. The van der Waals surface area contributed by atoms with Crippen LogP contribution in [-0.4, -0.2) is 24.9 Å². The Bertz CT molecular complexity index is 1010. The number of rotatable bonds is 7. The smallest absolute Gasteiger partial charge is 0.400 e. The molecule has 3 rings (SSSR count). The van der Waals surface area contributed by atoms with Gasteiger partial charge in [0.2, 0.25) is 5.76 Å². The number of hydrogen-bond acceptors (Lipinski definition) is 7. The summed E-state index contributed by atoms with van der Waals surface area (Å²) < 4.78 is 15.6. The number of hydrogen-bond donors (Lipinski definition) is 1. The van der Waals surface area contributed by atoms with Crippen LogP contribution in [0.25, 0.3) is 0 Å². The van der Waals surface area contributed by atoms with Crippen molar-refractivity contribution in [2.45, 2.75) is 6.61 Å². The zero-order valence-electron chi connectivity index (χ0n) is 15.5. The fourth-order valence-electron chi connectivity index (χ4n) is 2.32. The normalized spacial score (nSPS) is 11.0. The van der Waals surface area contributed by atoms with E-state index in [9.17, 15) is 9.59 Å². The summed E-state index contributed by atoms with van der Waals surface area (Å²) in [5.41, 5.74) is 6.82. The number of methoxy groups -OCH3 is 1. The molecule has 0 unspecified atom stereocenters. The standard InChI is InChI=1S/C21H18N2O6/c1-26-20(24)15-7-9-16(10-8-15)27-13-17-11-12-18(28-17)21(25)29-23-19(22)14-5-3-2-4-6-14/h2-12H,13H2,1H3,(H2,22,23). The molecule has 8 nitrogen and oxygen atoms in total. The van der Waals surface area contributed by atoms with E-state index in [1.165, 1.54) is 13.2 Å². The molecule has 0 aliphatic heterocycles. The molecule has 0 amide bonds. The van der Waals surface area contributed by atoms with Crippen LogP contribution in [0.15, 0.2) is 76.3 Å². The van der Waals surface area contributed by atoms with Gasteiger partial charge in [-0.2, -0.15) is 0 Å².